The smallest absolute Gasteiger partial charge is 0.186 e. The summed E-state index contributed by atoms with van der Waals surface area (Å²) in [5.74, 6) is 0. The van der Waals surface area contributed by atoms with Gasteiger partial charge in [-0.1, -0.05) is 17.8 Å². The molecule has 0 spiro atoms. The summed E-state index contributed by atoms with van der Waals surface area (Å²) < 4.78 is 0. The Hall–Kier alpha value is -0.580. The van der Waals surface area contributed by atoms with Crippen molar-refractivity contribution in [2.45, 2.75) is 18.6 Å². The van der Waals surface area contributed by atoms with E-state index in [0.29, 0.717) is 5.25 Å². The SMILES string of the molecule is CC(=O)SC1CCNC/C1=C/c1ccsc1. The molecular formula is C12H15NOS2. The van der Waals surface area contributed by atoms with E-state index in [-0.39, 0.29) is 5.12 Å². The molecule has 2 nitrogen and oxygen atoms in total. The zero-order chi connectivity index (χ0) is 11.4. The van der Waals surface area contributed by atoms with Gasteiger partial charge < -0.3 is 5.32 Å². The van der Waals surface area contributed by atoms with Crippen molar-refractivity contribution < 1.29 is 4.79 Å². The van der Waals surface area contributed by atoms with Crippen LogP contribution in [0.5, 0.6) is 0 Å². The maximum Gasteiger partial charge on any atom is 0.186 e. The van der Waals surface area contributed by atoms with E-state index in [1.807, 2.05) is 0 Å². The number of hydrogen-bond acceptors (Lipinski definition) is 4. The fraction of sp³-hybridized carbons (Fsp3) is 0.417. The van der Waals surface area contributed by atoms with E-state index in [0.717, 1.165) is 19.5 Å². The third kappa shape index (κ3) is 3.20. The van der Waals surface area contributed by atoms with E-state index >= 15 is 0 Å². The first kappa shape index (κ1) is 11.9. The van der Waals surface area contributed by atoms with Crippen LogP contribution in [0.3, 0.4) is 0 Å². The first-order valence-electron chi connectivity index (χ1n) is 5.36. The Morgan fingerprint density at radius 3 is 3.25 bits per heavy atom. The quantitative estimate of drug-likeness (QED) is 0.878. The fourth-order valence-corrected chi connectivity index (χ4v) is 3.37. The molecule has 0 amide bonds. The summed E-state index contributed by atoms with van der Waals surface area (Å²) in [5.41, 5.74) is 2.59. The van der Waals surface area contributed by atoms with Gasteiger partial charge in [-0.05, 0) is 40.9 Å². The van der Waals surface area contributed by atoms with Gasteiger partial charge in [-0.2, -0.15) is 11.3 Å². The number of carbonyl (C=O) groups is 1. The molecule has 1 atom stereocenters. The zero-order valence-corrected chi connectivity index (χ0v) is 10.9. The molecule has 0 saturated carbocycles. The van der Waals surface area contributed by atoms with Crippen LogP contribution in [0.4, 0.5) is 0 Å². The zero-order valence-electron chi connectivity index (χ0n) is 9.23. The molecule has 0 radical (unpaired) electrons. The van der Waals surface area contributed by atoms with Gasteiger partial charge in [-0.25, -0.2) is 0 Å². The maximum absolute atomic E-state index is 11.2. The van der Waals surface area contributed by atoms with Crippen LogP contribution in [0.1, 0.15) is 18.9 Å². The topological polar surface area (TPSA) is 29.1 Å². The Labute approximate surface area is 104 Å². The van der Waals surface area contributed by atoms with Gasteiger partial charge in [-0.15, -0.1) is 0 Å². The van der Waals surface area contributed by atoms with Gasteiger partial charge in [-0.3, -0.25) is 4.79 Å². The van der Waals surface area contributed by atoms with E-state index < -0.39 is 0 Å². The molecule has 1 aliphatic heterocycles. The summed E-state index contributed by atoms with van der Waals surface area (Å²) in [6.45, 7) is 3.56. The highest BCUT2D eigenvalue weighted by molar-refractivity contribution is 8.14. The molecule has 0 aliphatic carbocycles. The van der Waals surface area contributed by atoms with Gasteiger partial charge in [0.1, 0.15) is 0 Å². The normalized spacial score (nSPS) is 23.6. The van der Waals surface area contributed by atoms with Crippen LogP contribution in [0.25, 0.3) is 6.08 Å². The molecule has 16 heavy (non-hydrogen) atoms. The van der Waals surface area contributed by atoms with Gasteiger partial charge >= 0.3 is 0 Å². The van der Waals surface area contributed by atoms with Crippen LogP contribution in [0, 0.1) is 0 Å². The van der Waals surface area contributed by atoms with Crippen LogP contribution in [0.15, 0.2) is 22.4 Å². The van der Waals surface area contributed by atoms with E-state index in [1.165, 1.54) is 22.9 Å². The predicted molar refractivity (Wildman–Crippen MR) is 71.8 cm³/mol. The highest BCUT2D eigenvalue weighted by Crippen LogP contribution is 2.27. The highest BCUT2D eigenvalue weighted by Gasteiger charge is 2.20. The molecule has 86 valence electrons. The van der Waals surface area contributed by atoms with Crippen molar-refractivity contribution in [2.75, 3.05) is 13.1 Å². The van der Waals surface area contributed by atoms with Gasteiger partial charge in [0.05, 0.1) is 0 Å². The third-order valence-electron chi connectivity index (χ3n) is 2.53. The summed E-state index contributed by atoms with van der Waals surface area (Å²) in [5, 5.41) is 8.15. The Balaban J connectivity index is 2.12. The summed E-state index contributed by atoms with van der Waals surface area (Å²) in [7, 11) is 0. The van der Waals surface area contributed by atoms with E-state index in [4.69, 9.17) is 0 Å². The Kier molecular flexibility index (Phi) is 4.21. The lowest BCUT2D eigenvalue weighted by atomic mass is 10.0. The molecule has 0 bridgehead atoms. The molecule has 4 heteroatoms. The van der Waals surface area contributed by atoms with E-state index in [9.17, 15) is 4.79 Å². The van der Waals surface area contributed by atoms with Crippen LogP contribution in [0.2, 0.25) is 0 Å². The summed E-state index contributed by atoms with van der Waals surface area (Å²) in [4.78, 5) is 11.2. The molecular weight excluding hydrogens is 238 g/mol. The summed E-state index contributed by atoms with van der Waals surface area (Å²) >= 11 is 3.17. The molecule has 1 saturated heterocycles. The first-order valence-corrected chi connectivity index (χ1v) is 7.18. The van der Waals surface area contributed by atoms with Gasteiger partial charge in [0.25, 0.3) is 0 Å². The van der Waals surface area contributed by atoms with Crippen molar-refractivity contribution in [3.63, 3.8) is 0 Å². The minimum Gasteiger partial charge on any atom is -0.313 e. The maximum atomic E-state index is 11.2. The molecule has 2 heterocycles. The lowest BCUT2D eigenvalue weighted by molar-refractivity contribution is -0.109. The molecule has 0 aromatic carbocycles. The second kappa shape index (κ2) is 5.66. The first-order chi connectivity index (χ1) is 7.75. The van der Waals surface area contributed by atoms with Crippen molar-refractivity contribution in [3.05, 3.63) is 28.0 Å². The second-order valence-electron chi connectivity index (χ2n) is 3.84. The number of carbonyl (C=O) groups excluding carboxylic acids is 1. The monoisotopic (exact) mass is 253 g/mol. The lowest BCUT2D eigenvalue weighted by Crippen LogP contribution is -2.32. The number of thioether (sulfide) groups is 1. The third-order valence-corrected chi connectivity index (χ3v) is 4.39. The van der Waals surface area contributed by atoms with Crippen LogP contribution in [-0.2, 0) is 4.79 Å². The molecule has 1 N–H and O–H groups in total. The molecule has 2 rings (SSSR count). The van der Waals surface area contributed by atoms with E-state index in [2.05, 4.69) is 28.2 Å². The van der Waals surface area contributed by atoms with E-state index in [1.54, 1.807) is 18.3 Å². The summed E-state index contributed by atoms with van der Waals surface area (Å²) in [6.07, 6.45) is 3.25. The highest BCUT2D eigenvalue weighted by atomic mass is 32.2. The predicted octanol–water partition coefficient (Wildman–Crippen LogP) is 2.77. The van der Waals surface area contributed by atoms with Crippen molar-refractivity contribution >= 4 is 34.3 Å². The molecule has 1 aliphatic rings. The lowest BCUT2D eigenvalue weighted by Gasteiger charge is -2.24. The number of piperidine rings is 1. The molecule has 1 aromatic rings. The van der Waals surface area contributed by atoms with Crippen LogP contribution >= 0.6 is 23.1 Å². The molecule has 1 unspecified atom stereocenters. The number of thiophene rings is 1. The average Bonchev–Trinajstić information content (AvgIpc) is 2.73. The minimum atomic E-state index is 0.211. The Morgan fingerprint density at radius 1 is 1.69 bits per heavy atom. The van der Waals surface area contributed by atoms with Crippen molar-refractivity contribution in [3.8, 4) is 0 Å². The number of hydrogen-bond donors (Lipinski definition) is 1. The molecule has 1 fully saturated rings. The second-order valence-corrected chi connectivity index (χ2v) is 6.00. The van der Waals surface area contributed by atoms with Gasteiger partial charge in [0, 0.05) is 18.7 Å². The standard InChI is InChI=1S/C12H15NOS2/c1-9(14)16-12-2-4-13-7-11(12)6-10-3-5-15-8-10/h3,5-6,8,12-13H,2,4,7H2,1H3/b11-6-. The number of nitrogens with one attached hydrogen (secondary N) is 1. The van der Waals surface area contributed by atoms with Crippen molar-refractivity contribution in [1.29, 1.82) is 0 Å². The Morgan fingerprint density at radius 2 is 2.56 bits per heavy atom. The van der Waals surface area contributed by atoms with Crippen molar-refractivity contribution in [1.82, 2.24) is 5.32 Å². The summed E-state index contributed by atoms with van der Waals surface area (Å²) in [6, 6.07) is 2.11. The average molecular weight is 253 g/mol. The van der Waals surface area contributed by atoms with Crippen molar-refractivity contribution in [2.24, 2.45) is 0 Å². The largest absolute Gasteiger partial charge is 0.313 e. The minimum absolute atomic E-state index is 0.211. The fourth-order valence-electron chi connectivity index (χ4n) is 1.82. The number of rotatable bonds is 2. The Bertz CT molecular complexity index is 384. The van der Waals surface area contributed by atoms with Crippen LogP contribution in [-0.4, -0.2) is 23.5 Å². The van der Waals surface area contributed by atoms with Crippen LogP contribution < -0.4 is 5.32 Å². The van der Waals surface area contributed by atoms with Gasteiger partial charge in [0.2, 0.25) is 0 Å². The van der Waals surface area contributed by atoms with Gasteiger partial charge in [0.15, 0.2) is 5.12 Å². The molecule has 1 aromatic heterocycles.